The van der Waals surface area contributed by atoms with Gasteiger partial charge in [-0.05, 0) is 42.0 Å². The van der Waals surface area contributed by atoms with E-state index in [0.717, 1.165) is 23.3 Å². The summed E-state index contributed by atoms with van der Waals surface area (Å²) in [5.74, 6) is -1.76. The van der Waals surface area contributed by atoms with Gasteiger partial charge in [-0.2, -0.15) is 5.10 Å². The van der Waals surface area contributed by atoms with Crippen molar-refractivity contribution in [2.75, 3.05) is 0 Å². The molecule has 0 radical (unpaired) electrons. The minimum atomic E-state index is -0.881. The minimum absolute atomic E-state index is 0.211. The van der Waals surface area contributed by atoms with Crippen molar-refractivity contribution < 1.29 is 18.3 Å². The first-order valence-corrected chi connectivity index (χ1v) is 10.3. The second-order valence-corrected chi connectivity index (χ2v) is 7.66. The second-order valence-electron chi connectivity index (χ2n) is 7.23. The fraction of sp³-hybridized carbons (Fsp3) is 0.120. The van der Waals surface area contributed by atoms with Gasteiger partial charge in [-0.1, -0.05) is 48.0 Å². The monoisotopic (exact) mass is 452 g/mol. The second kappa shape index (κ2) is 9.75. The molecular weight excluding hydrogens is 434 g/mol. The molecule has 0 saturated carbocycles. The minimum Gasteiger partial charge on any atom is -0.489 e. The zero-order chi connectivity index (χ0) is 22.5. The third-order valence-electron chi connectivity index (χ3n) is 4.87. The van der Waals surface area contributed by atoms with E-state index in [4.69, 9.17) is 16.3 Å². The Hall–Kier alpha value is -3.51. The van der Waals surface area contributed by atoms with Crippen LogP contribution in [0.2, 0.25) is 5.02 Å². The van der Waals surface area contributed by atoms with Crippen molar-refractivity contribution in [1.29, 1.82) is 0 Å². The molecule has 1 aromatic heterocycles. The topological polar surface area (TPSA) is 44.1 Å². The van der Waals surface area contributed by atoms with Gasteiger partial charge in [-0.25, -0.2) is 8.78 Å². The lowest BCUT2D eigenvalue weighted by Gasteiger charge is -2.12. The summed E-state index contributed by atoms with van der Waals surface area (Å²) in [5.41, 5.74) is 1.71. The zero-order valence-corrected chi connectivity index (χ0v) is 17.7. The highest BCUT2D eigenvalue weighted by atomic mass is 35.5. The first-order chi connectivity index (χ1) is 15.5. The number of hydrogen-bond acceptors (Lipinski definition) is 3. The number of Topliss-reactive ketones (excluding diaryl/α,β-unsaturated/α-hetero) is 1. The molecule has 0 N–H and O–H groups in total. The van der Waals surface area contributed by atoms with Crippen LogP contribution < -0.4 is 4.74 Å². The Kier molecular flexibility index (Phi) is 6.61. The molecule has 0 unspecified atom stereocenters. The lowest BCUT2D eigenvalue weighted by molar-refractivity contribution is 0.0983. The number of hydrogen-bond donors (Lipinski definition) is 0. The van der Waals surface area contributed by atoms with Gasteiger partial charge in [0.05, 0.1) is 24.2 Å². The molecule has 0 spiro atoms. The van der Waals surface area contributed by atoms with Crippen molar-refractivity contribution in [1.82, 2.24) is 9.78 Å². The molecule has 0 amide bonds. The summed E-state index contributed by atoms with van der Waals surface area (Å²) in [5, 5.41) is 4.93. The molecule has 4 aromatic rings. The van der Waals surface area contributed by atoms with E-state index >= 15 is 0 Å². The molecule has 0 aliphatic heterocycles. The van der Waals surface area contributed by atoms with Crippen molar-refractivity contribution in [3.8, 4) is 5.75 Å². The van der Waals surface area contributed by atoms with Gasteiger partial charge in [-0.15, -0.1) is 0 Å². The van der Waals surface area contributed by atoms with Crippen molar-refractivity contribution in [3.63, 3.8) is 0 Å². The number of ether oxygens (including phenoxy) is 1. The van der Waals surface area contributed by atoms with E-state index in [0.29, 0.717) is 29.6 Å². The maximum atomic E-state index is 13.9. The van der Waals surface area contributed by atoms with E-state index in [1.165, 1.54) is 6.07 Å². The van der Waals surface area contributed by atoms with Gasteiger partial charge >= 0.3 is 0 Å². The standard InChI is InChI=1S/C25H19ClF2N2O2/c26-19-9-10-24(32-16-17-5-2-1-3-6-17)18(13-19)15-30-12-11-20(29-30)14-23(31)25-21(27)7-4-8-22(25)28/h1-13H,14-16H2. The molecule has 162 valence electrons. The summed E-state index contributed by atoms with van der Waals surface area (Å²) >= 11 is 6.17. The molecule has 1 heterocycles. The number of carbonyl (C=O) groups excluding carboxylic acids is 1. The quantitative estimate of drug-likeness (QED) is 0.314. The van der Waals surface area contributed by atoms with E-state index in [9.17, 15) is 13.6 Å². The van der Waals surface area contributed by atoms with Crippen LogP contribution in [-0.2, 0) is 19.6 Å². The van der Waals surface area contributed by atoms with Crippen LogP contribution in [0.5, 0.6) is 5.75 Å². The van der Waals surface area contributed by atoms with Gasteiger partial charge in [-0.3, -0.25) is 9.48 Å². The number of aromatic nitrogens is 2. The Labute approximate surface area is 189 Å². The first kappa shape index (κ1) is 21.7. The molecule has 4 nitrogen and oxygen atoms in total. The number of rotatable bonds is 8. The Bertz CT molecular complexity index is 1220. The molecule has 0 saturated heterocycles. The average molecular weight is 453 g/mol. The fourth-order valence-corrected chi connectivity index (χ4v) is 3.52. The van der Waals surface area contributed by atoms with E-state index < -0.39 is 23.0 Å². The lowest BCUT2D eigenvalue weighted by atomic mass is 10.1. The molecule has 32 heavy (non-hydrogen) atoms. The van der Waals surface area contributed by atoms with Gasteiger partial charge in [0.2, 0.25) is 0 Å². The highest BCUT2D eigenvalue weighted by Gasteiger charge is 2.18. The lowest BCUT2D eigenvalue weighted by Crippen LogP contribution is -2.10. The van der Waals surface area contributed by atoms with Gasteiger partial charge in [0, 0.05) is 16.8 Å². The van der Waals surface area contributed by atoms with Gasteiger partial charge in [0.1, 0.15) is 24.0 Å². The van der Waals surface area contributed by atoms with Crippen LogP contribution in [0.4, 0.5) is 8.78 Å². The summed E-state index contributed by atoms with van der Waals surface area (Å²) < 4.78 is 35.3. The Balaban J connectivity index is 1.47. The van der Waals surface area contributed by atoms with E-state index in [1.54, 1.807) is 35.1 Å². The summed E-state index contributed by atoms with van der Waals surface area (Å²) in [6, 6.07) is 20.1. The van der Waals surface area contributed by atoms with Gasteiger partial charge < -0.3 is 4.74 Å². The highest BCUT2D eigenvalue weighted by molar-refractivity contribution is 6.30. The van der Waals surface area contributed by atoms with Crippen molar-refractivity contribution in [3.05, 3.63) is 118 Å². The molecule has 0 aliphatic carbocycles. The van der Waals surface area contributed by atoms with E-state index in [2.05, 4.69) is 5.10 Å². The van der Waals surface area contributed by atoms with Crippen LogP contribution in [0.25, 0.3) is 0 Å². The third kappa shape index (κ3) is 5.21. The number of nitrogens with zero attached hydrogens (tertiary/aromatic N) is 2. The Morgan fingerprint density at radius 2 is 1.72 bits per heavy atom. The maximum Gasteiger partial charge on any atom is 0.174 e. The Morgan fingerprint density at radius 1 is 0.969 bits per heavy atom. The maximum absolute atomic E-state index is 13.9. The fourth-order valence-electron chi connectivity index (χ4n) is 3.33. The molecule has 0 aliphatic rings. The van der Waals surface area contributed by atoms with Crippen LogP contribution >= 0.6 is 11.6 Å². The molecular formula is C25H19ClF2N2O2. The smallest absolute Gasteiger partial charge is 0.174 e. The van der Waals surface area contributed by atoms with E-state index in [1.807, 2.05) is 30.3 Å². The summed E-state index contributed by atoms with van der Waals surface area (Å²) in [6.45, 7) is 0.759. The predicted octanol–water partition coefficient (Wildman–Crippen LogP) is 5.87. The van der Waals surface area contributed by atoms with Crippen LogP contribution in [0.1, 0.15) is 27.2 Å². The predicted molar refractivity (Wildman–Crippen MR) is 118 cm³/mol. The molecule has 0 bridgehead atoms. The molecule has 7 heteroatoms. The molecule has 4 rings (SSSR count). The number of benzene rings is 3. The van der Waals surface area contributed by atoms with E-state index in [-0.39, 0.29) is 6.42 Å². The SMILES string of the molecule is O=C(Cc1ccn(Cc2cc(Cl)ccc2OCc2ccccc2)n1)c1c(F)cccc1F. The van der Waals surface area contributed by atoms with Crippen molar-refractivity contribution >= 4 is 17.4 Å². The average Bonchev–Trinajstić information content (AvgIpc) is 3.20. The molecule has 0 fully saturated rings. The zero-order valence-electron chi connectivity index (χ0n) is 17.0. The molecule has 3 aromatic carbocycles. The van der Waals surface area contributed by atoms with Crippen LogP contribution in [-0.4, -0.2) is 15.6 Å². The molecule has 0 atom stereocenters. The summed E-state index contributed by atoms with van der Waals surface area (Å²) in [6.07, 6.45) is 1.49. The van der Waals surface area contributed by atoms with Gasteiger partial charge in [0.25, 0.3) is 0 Å². The number of ketones is 1. The largest absolute Gasteiger partial charge is 0.489 e. The van der Waals surface area contributed by atoms with Crippen molar-refractivity contribution in [2.24, 2.45) is 0 Å². The van der Waals surface area contributed by atoms with Gasteiger partial charge in [0.15, 0.2) is 5.78 Å². The third-order valence-corrected chi connectivity index (χ3v) is 5.11. The highest BCUT2D eigenvalue weighted by Crippen LogP contribution is 2.25. The summed E-state index contributed by atoms with van der Waals surface area (Å²) in [7, 11) is 0. The van der Waals surface area contributed by atoms with Crippen LogP contribution in [0.3, 0.4) is 0 Å². The normalized spacial score (nSPS) is 10.8. The Morgan fingerprint density at radius 3 is 2.47 bits per heavy atom. The first-order valence-electron chi connectivity index (χ1n) is 9.94. The number of carbonyl (C=O) groups is 1. The van der Waals surface area contributed by atoms with Crippen molar-refractivity contribution in [2.45, 2.75) is 19.6 Å². The van der Waals surface area contributed by atoms with Crippen LogP contribution in [0.15, 0.2) is 79.0 Å². The number of halogens is 3. The van der Waals surface area contributed by atoms with Crippen LogP contribution in [0, 0.1) is 11.6 Å². The summed E-state index contributed by atoms with van der Waals surface area (Å²) in [4.78, 5) is 12.4.